The molecule has 0 amide bonds. The van der Waals surface area contributed by atoms with Crippen LogP contribution in [0.3, 0.4) is 0 Å². The first-order valence-corrected chi connectivity index (χ1v) is 5.57. The van der Waals surface area contributed by atoms with Crippen LogP contribution in [0.15, 0.2) is 18.2 Å². The Morgan fingerprint density at radius 3 is 2.63 bits per heavy atom. The van der Waals surface area contributed by atoms with Crippen molar-refractivity contribution in [2.24, 2.45) is 0 Å². The predicted octanol–water partition coefficient (Wildman–Crippen LogP) is 2.13. The van der Waals surface area contributed by atoms with Crippen LogP contribution in [0.4, 0.5) is 11.4 Å². The van der Waals surface area contributed by atoms with Gasteiger partial charge < -0.3 is 15.2 Å². The summed E-state index contributed by atoms with van der Waals surface area (Å²) in [6, 6.07) is 3.62. The van der Waals surface area contributed by atoms with E-state index < -0.39 is 16.5 Å². The number of nitro groups is 1. The molecule has 1 aromatic carbocycles. The van der Waals surface area contributed by atoms with Crippen molar-refractivity contribution in [3.05, 3.63) is 33.9 Å². The van der Waals surface area contributed by atoms with Crippen molar-refractivity contribution >= 4 is 17.3 Å². The van der Waals surface area contributed by atoms with Crippen LogP contribution in [0.1, 0.15) is 24.2 Å². The summed E-state index contributed by atoms with van der Waals surface area (Å²) in [7, 11) is 1.53. The molecule has 7 nitrogen and oxygen atoms in total. The van der Waals surface area contributed by atoms with E-state index in [1.807, 2.05) is 13.8 Å². The van der Waals surface area contributed by atoms with E-state index in [1.165, 1.54) is 25.3 Å². The summed E-state index contributed by atoms with van der Waals surface area (Å²) in [6.07, 6.45) is 0. The molecule has 0 saturated carbocycles. The highest BCUT2D eigenvalue weighted by atomic mass is 16.6. The van der Waals surface area contributed by atoms with Crippen LogP contribution in [0.2, 0.25) is 0 Å². The lowest BCUT2D eigenvalue weighted by atomic mass is 10.1. The summed E-state index contributed by atoms with van der Waals surface area (Å²) in [5, 5.41) is 22.6. The lowest BCUT2D eigenvalue weighted by Crippen LogP contribution is -2.32. The van der Waals surface area contributed by atoms with Gasteiger partial charge in [0.25, 0.3) is 5.69 Å². The van der Waals surface area contributed by atoms with Crippen LogP contribution >= 0.6 is 0 Å². The molecule has 0 aromatic heterocycles. The first-order valence-electron chi connectivity index (χ1n) is 5.57. The Balaban J connectivity index is 3.04. The van der Waals surface area contributed by atoms with Crippen molar-refractivity contribution < 1.29 is 19.6 Å². The van der Waals surface area contributed by atoms with Gasteiger partial charge in [-0.1, -0.05) is 0 Å². The van der Waals surface area contributed by atoms with Crippen LogP contribution in [0.5, 0.6) is 0 Å². The van der Waals surface area contributed by atoms with Crippen molar-refractivity contribution in [1.29, 1.82) is 0 Å². The second kappa shape index (κ2) is 5.66. The van der Waals surface area contributed by atoms with Crippen molar-refractivity contribution in [2.75, 3.05) is 19.0 Å². The van der Waals surface area contributed by atoms with E-state index in [0.29, 0.717) is 6.54 Å². The summed E-state index contributed by atoms with van der Waals surface area (Å²) in [6.45, 7) is 3.94. The first-order chi connectivity index (χ1) is 8.76. The molecule has 7 heteroatoms. The molecule has 2 N–H and O–H groups in total. The number of rotatable bonds is 6. The average molecular weight is 268 g/mol. The highest BCUT2D eigenvalue weighted by Gasteiger charge is 2.20. The summed E-state index contributed by atoms with van der Waals surface area (Å²) in [5.41, 5.74) is -0.539. The van der Waals surface area contributed by atoms with Crippen molar-refractivity contribution in [1.82, 2.24) is 0 Å². The van der Waals surface area contributed by atoms with Crippen molar-refractivity contribution in [3.63, 3.8) is 0 Å². The maximum Gasteiger partial charge on any atom is 0.335 e. The minimum Gasteiger partial charge on any atom is -0.478 e. The summed E-state index contributed by atoms with van der Waals surface area (Å²) >= 11 is 0. The Hall–Kier alpha value is -2.15. The Labute approximate surface area is 110 Å². The molecule has 0 saturated heterocycles. The van der Waals surface area contributed by atoms with Gasteiger partial charge in [-0.3, -0.25) is 10.1 Å². The highest BCUT2D eigenvalue weighted by Crippen LogP contribution is 2.26. The molecule has 19 heavy (non-hydrogen) atoms. The number of nitrogens with zero attached hydrogens (tertiary/aromatic N) is 1. The fourth-order valence-corrected chi connectivity index (χ4v) is 1.35. The van der Waals surface area contributed by atoms with Gasteiger partial charge in [0.15, 0.2) is 0 Å². The third kappa shape index (κ3) is 3.92. The Kier molecular flexibility index (Phi) is 4.44. The zero-order chi connectivity index (χ0) is 14.6. The van der Waals surface area contributed by atoms with Crippen molar-refractivity contribution in [3.8, 4) is 0 Å². The van der Waals surface area contributed by atoms with E-state index in [9.17, 15) is 14.9 Å². The fourth-order valence-electron chi connectivity index (χ4n) is 1.35. The van der Waals surface area contributed by atoms with Gasteiger partial charge in [0.05, 0.1) is 16.1 Å². The number of carboxylic acids is 1. The van der Waals surface area contributed by atoms with E-state index >= 15 is 0 Å². The van der Waals surface area contributed by atoms with E-state index in [4.69, 9.17) is 9.84 Å². The maximum absolute atomic E-state index is 10.9. The standard InChI is InChI=1S/C12H16N2O5/c1-12(2,19-3)7-13-9-6-8(11(15)16)4-5-10(9)14(17)18/h4-6,13H,7H2,1-3H3,(H,15,16). The zero-order valence-corrected chi connectivity index (χ0v) is 11.0. The molecule has 0 radical (unpaired) electrons. The van der Waals surface area contributed by atoms with E-state index in [-0.39, 0.29) is 16.9 Å². The molecule has 0 atom stereocenters. The van der Waals surface area contributed by atoms with Gasteiger partial charge in [0.1, 0.15) is 5.69 Å². The molecule has 0 heterocycles. The van der Waals surface area contributed by atoms with Crippen molar-refractivity contribution in [2.45, 2.75) is 19.4 Å². The average Bonchev–Trinajstić information content (AvgIpc) is 2.35. The second-order valence-electron chi connectivity index (χ2n) is 4.61. The van der Waals surface area contributed by atoms with Gasteiger partial charge in [0.2, 0.25) is 0 Å². The van der Waals surface area contributed by atoms with Crippen LogP contribution in [0.25, 0.3) is 0 Å². The molecule has 0 fully saturated rings. The molecule has 0 spiro atoms. The smallest absolute Gasteiger partial charge is 0.335 e. The number of nitro benzene ring substituents is 1. The molecule has 0 aliphatic rings. The Bertz CT molecular complexity index is 499. The largest absolute Gasteiger partial charge is 0.478 e. The van der Waals surface area contributed by atoms with Crippen LogP contribution in [-0.4, -0.2) is 35.3 Å². The normalized spacial score (nSPS) is 11.1. The van der Waals surface area contributed by atoms with Crippen LogP contribution in [0, 0.1) is 10.1 Å². The van der Waals surface area contributed by atoms with E-state index in [1.54, 1.807) is 0 Å². The quantitative estimate of drug-likeness (QED) is 0.605. The fraction of sp³-hybridized carbons (Fsp3) is 0.417. The number of ether oxygens (including phenoxy) is 1. The molecule has 0 unspecified atom stereocenters. The summed E-state index contributed by atoms with van der Waals surface area (Å²) in [5.74, 6) is -1.14. The number of carboxylic acid groups (broad SMARTS) is 1. The second-order valence-corrected chi connectivity index (χ2v) is 4.61. The number of hydrogen-bond donors (Lipinski definition) is 2. The minimum atomic E-state index is -1.14. The molecule has 0 bridgehead atoms. The van der Waals surface area contributed by atoms with Gasteiger partial charge >= 0.3 is 5.97 Å². The monoisotopic (exact) mass is 268 g/mol. The zero-order valence-electron chi connectivity index (χ0n) is 11.0. The topological polar surface area (TPSA) is 102 Å². The maximum atomic E-state index is 10.9. The number of carbonyl (C=O) groups is 1. The van der Waals surface area contributed by atoms with E-state index in [0.717, 1.165) is 0 Å². The van der Waals surface area contributed by atoms with E-state index in [2.05, 4.69) is 5.32 Å². The number of hydrogen-bond acceptors (Lipinski definition) is 5. The van der Waals surface area contributed by atoms with Gasteiger partial charge in [-0.05, 0) is 26.0 Å². The molecule has 0 aliphatic carbocycles. The predicted molar refractivity (Wildman–Crippen MR) is 69.6 cm³/mol. The number of aromatic carboxylic acids is 1. The van der Waals surface area contributed by atoms with Gasteiger partial charge in [0, 0.05) is 19.7 Å². The number of nitrogens with one attached hydrogen (secondary N) is 1. The number of benzene rings is 1. The first kappa shape index (κ1) is 14.9. The Morgan fingerprint density at radius 2 is 2.16 bits per heavy atom. The third-order valence-electron chi connectivity index (χ3n) is 2.70. The molecule has 0 aliphatic heterocycles. The van der Waals surface area contributed by atoms with Gasteiger partial charge in [-0.25, -0.2) is 4.79 Å². The third-order valence-corrected chi connectivity index (χ3v) is 2.70. The number of anilines is 1. The minimum absolute atomic E-state index is 0.0108. The number of methoxy groups -OCH3 is 1. The molecule has 1 rings (SSSR count). The van der Waals surface area contributed by atoms with Crippen LogP contribution in [-0.2, 0) is 4.74 Å². The molecule has 104 valence electrons. The van der Waals surface area contributed by atoms with Gasteiger partial charge in [-0.2, -0.15) is 0 Å². The molecular weight excluding hydrogens is 252 g/mol. The molecular formula is C12H16N2O5. The summed E-state index contributed by atoms with van der Waals surface area (Å²) in [4.78, 5) is 21.2. The lowest BCUT2D eigenvalue weighted by molar-refractivity contribution is -0.384. The SMILES string of the molecule is COC(C)(C)CNc1cc(C(=O)O)ccc1[N+](=O)[O-]. The molecule has 1 aromatic rings. The summed E-state index contributed by atoms with van der Waals surface area (Å²) < 4.78 is 5.19. The van der Waals surface area contributed by atoms with Crippen LogP contribution < -0.4 is 5.32 Å². The Morgan fingerprint density at radius 1 is 1.53 bits per heavy atom. The highest BCUT2D eigenvalue weighted by molar-refractivity contribution is 5.90. The lowest BCUT2D eigenvalue weighted by Gasteiger charge is -2.23. The van der Waals surface area contributed by atoms with Gasteiger partial charge in [-0.15, -0.1) is 0 Å².